The minimum absolute atomic E-state index is 0.198. The van der Waals surface area contributed by atoms with Crippen LogP contribution in [0.3, 0.4) is 0 Å². The van der Waals surface area contributed by atoms with Gasteiger partial charge in [0.1, 0.15) is 12.7 Å². The highest BCUT2D eigenvalue weighted by Gasteiger charge is 2.21. The van der Waals surface area contributed by atoms with E-state index in [2.05, 4.69) is 19.7 Å². The molecule has 2 aromatic heterocycles. The number of benzene rings is 1. The Labute approximate surface area is 136 Å². The summed E-state index contributed by atoms with van der Waals surface area (Å²) < 4.78 is 38.2. The summed E-state index contributed by atoms with van der Waals surface area (Å²) in [6, 6.07) is 9.03. The lowest BCUT2D eigenvalue weighted by Crippen LogP contribution is -2.12. The van der Waals surface area contributed by atoms with Gasteiger partial charge in [0.05, 0.1) is 18.5 Å². The molecule has 1 N–H and O–H groups in total. The summed E-state index contributed by atoms with van der Waals surface area (Å²) in [5.74, 6) is -0.956. The summed E-state index contributed by atoms with van der Waals surface area (Å²) >= 11 is 0. The Morgan fingerprint density at radius 1 is 1.21 bits per heavy atom. The normalized spacial score (nSPS) is 11.2. The van der Waals surface area contributed by atoms with Gasteiger partial charge in [-0.15, -0.1) is 10.2 Å². The number of sulfonamides is 1. The molecule has 0 radical (unpaired) electrons. The Bertz CT molecular complexity index is 963. The summed E-state index contributed by atoms with van der Waals surface area (Å²) in [5.41, 5.74) is 0.993. The number of hydrogen-bond acceptors (Lipinski definition) is 7. The van der Waals surface area contributed by atoms with E-state index in [0.29, 0.717) is 11.4 Å². The largest absolute Gasteiger partial charge is 0.463 e. The number of rotatable bonds is 5. The number of nitrogens with one attached hydrogen (secondary N) is 1. The molecular formula is C14H12N4O5S. The quantitative estimate of drug-likeness (QED) is 0.694. The number of aromatic nitrogens is 3. The van der Waals surface area contributed by atoms with Crippen LogP contribution in [-0.2, 0) is 14.8 Å². The molecule has 3 aromatic rings. The predicted molar refractivity (Wildman–Crippen MR) is 82.2 cm³/mol. The third-order valence-corrected chi connectivity index (χ3v) is 4.30. The standard InChI is InChI=1S/C14H12N4O5S/c1-22-14(19)12-5-6-13(23-12)24(20,21)17-10-3-2-4-11(7-10)18-8-15-16-9-18/h2-9,17H,1H3. The van der Waals surface area contributed by atoms with E-state index in [4.69, 9.17) is 4.42 Å². The number of methoxy groups -OCH3 is 1. The highest BCUT2D eigenvalue weighted by Crippen LogP contribution is 2.20. The van der Waals surface area contributed by atoms with Gasteiger partial charge < -0.3 is 9.15 Å². The van der Waals surface area contributed by atoms with Gasteiger partial charge in [0.15, 0.2) is 0 Å². The highest BCUT2D eigenvalue weighted by molar-refractivity contribution is 7.92. The molecule has 1 aromatic carbocycles. The van der Waals surface area contributed by atoms with Crippen LogP contribution in [0.15, 0.2) is 58.6 Å². The zero-order valence-corrected chi connectivity index (χ0v) is 13.2. The van der Waals surface area contributed by atoms with Gasteiger partial charge in [-0.1, -0.05) is 6.07 Å². The van der Waals surface area contributed by atoms with Gasteiger partial charge in [0, 0.05) is 0 Å². The Kier molecular flexibility index (Phi) is 4.04. The predicted octanol–water partition coefficient (Wildman–Crippen LogP) is 1.45. The highest BCUT2D eigenvalue weighted by atomic mass is 32.2. The molecule has 10 heteroatoms. The van der Waals surface area contributed by atoms with Gasteiger partial charge in [-0.25, -0.2) is 4.79 Å². The average molecular weight is 348 g/mol. The first-order chi connectivity index (χ1) is 11.5. The minimum atomic E-state index is -3.98. The molecule has 124 valence electrons. The number of furan rings is 1. The van der Waals surface area contributed by atoms with Crippen molar-refractivity contribution in [3.8, 4) is 5.69 Å². The van der Waals surface area contributed by atoms with Gasteiger partial charge in [0.25, 0.3) is 10.0 Å². The summed E-state index contributed by atoms with van der Waals surface area (Å²) in [7, 11) is -2.81. The lowest BCUT2D eigenvalue weighted by molar-refractivity contribution is 0.0559. The van der Waals surface area contributed by atoms with Crippen molar-refractivity contribution in [3.63, 3.8) is 0 Å². The molecule has 2 heterocycles. The Hall–Kier alpha value is -3.14. The van der Waals surface area contributed by atoms with E-state index in [0.717, 1.165) is 0 Å². The number of carbonyl (C=O) groups excluding carboxylic acids is 1. The zero-order valence-electron chi connectivity index (χ0n) is 12.4. The first-order valence-electron chi connectivity index (χ1n) is 6.65. The van der Waals surface area contributed by atoms with Crippen molar-refractivity contribution < 1.29 is 22.4 Å². The fraction of sp³-hybridized carbons (Fsp3) is 0.0714. The van der Waals surface area contributed by atoms with Crippen molar-refractivity contribution in [1.29, 1.82) is 0 Å². The molecule has 0 aliphatic rings. The first-order valence-corrected chi connectivity index (χ1v) is 8.14. The summed E-state index contributed by atoms with van der Waals surface area (Å²) in [6.07, 6.45) is 2.98. The molecule has 0 aliphatic carbocycles. The Morgan fingerprint density at radius 2 is 1.96 bits per heavy atom. The molecule has 0 unspecified atom stereocenters. The van der Waals surface area contributed by atoms with Gasteiger partial charge >= 0.3 is 5.97 Å². The third-order valence-electron chi connectivity index (χ3n) is 3.05. The van der Waals surface area contributed by atoms with Crippen LogP contribution in [0, 0.1) is 0 Å². The zero-order chi connectivity index (χ0) is 17.2. The van der Waals surface area contributed by atoms with E-state index in [1.165, 1.54) is 31.9 Å². The molecule has 0 amide bonds. The maximum absolute atomic E-state index is 12.3. The smallest absolute Gasteiger partial charge is 0.374 e. The van der Waals surface area contributed by atoms with Gasteiger partial charge in [0.2, 0.25) is 10.9 Å². The molecule has 0 aliphatic heterocycles. The minimum Gasteiger partial charge on any atom is -0.463 e. The maximum atomic E-state index is 12.3. The number of hydrogen-bond donors (Lipinski definition) is 1. The number of anilines is 1. The number of esters is 1. The van der Waals surface area contributed by atoms with Crippen LogP contribution in [0.25, 0.3) is 5.69 Å². The topological polar surface area (TPSA) is 116 Å². The van der Waals surface area contributed by atoms with Crippen molar-refractivity contribution in [2.75, 3.05) is 11.8 Å². The average Bonchev–Trinajstić information content (AvgIpc) is 3.25. The van der Waals surface area contributed by atoms with E-state index in [1.807, 2.05) is 0 Å². The second kappa shape index (κ2) is 6.16. The molecule has 0 fully saturated rings. The monoisotopic (exact) mass is 348 g/mol. The van der Waals surface area contributed by atoms with Crippen molar-refractivity contribution in [2.45, 2.75) is 5.09 Å². The van der Waals surface area contributed by atoms with E-state index in [9.17, 15) is 13.2 Å². The molecule has 0 spiro atoms. The van der Waals surface area contributed by atoms with Crippen LogP contribution in [-0.4, -0.2) is 36.3 Å². The number of ether oxygens (including phenoxy) is 1. The molecule has 0 saturated carbocycles. The summed E-state index contributed by atoms with van der Waals surface area (Å²) in [5, 5.41) is 7.00. The van der Waals surface area contributed by atoms with Crippen molar-refractivity contribution in [2.24, 2.45) is 0 Å². The lowest BCUT2D eigenvalue weighted by atomic mass is 10.3. The van der Waals surface area contributed by atoms with Crippen LogP contribution >= 0.6 is 0 Å². The molecular weight excluding hydrogens is 336 g/mol. The van der Waals surface area contributed by atoms with E-state index >= 15 is 0 Å². The molecule has 0 atom stereocenters. The second-order valence-corrected chi connectivity index (χ2v) is 6.25. The van der Waals surface area contributed by atoms with Gasteiger partial charge in [-0.2, -0.15) is 8.42 Å². The third kappa shape index (κ3) is 3.13. The molecule has 3 rings (SSSR count). The van der Waals surface area contributed by atoms with Crippen LogP contribution in [0.1, 0.15) is 10.6 Å². The van der Waals surface area contributed by atoms with Crippen molar-refractivity contribution >= 4 is 21.7 Å². The van der Waals surface area contributed by atoms with E-state index in [1.54, 1.807) is 28.8 Å². The second-order valence-electron chi connectivity index (χ2n) is 4.64. The summed E-state index contributed by atoms with van der Waals surface area (Å²) in [6.45, 7) is 0. The molecule has 0 saturated heterocycles. The first kappa shape index (κ1) is 15.7. The van der Waals surface area contributed by atoms with Crippen LogP contribution in [0.5, 0.6) is 0 Å². The fourth-order valence-electron chi connectivity index (χ4n) is 1.94. The van der Waals surface area contributed by atoms with Gasteiger partial charge in [-0.3, -0.25) is 9.29 Å². The molecule has 0 bridgehead atoms. The van der Waals surface area contributed by atoms with E-state index < -0.39 is 21.1 Å². The number of carbonyl (C=O) groups is 1. The van der Waals surface area contributed by atoms with Crippen molar-refractivity contribution in [1.82, 2.24) is 14.8 Å². The van der Waals surface area contributed by atoms with E-state index in [-0.39, 0.29) is 5.76 Å². The van der Waals surface area contributed by atoms with Crippen LogP contribution in [0.2, 0.25) is 0 Å². The van der Waals surface area contributed by atoms with Crippen LogP contribution < -0.4 is 4.72 Å². The SMILES string of the molecule is COC(=O)c1ccc(S(=O)(=O)Nc2cccc(-n3cnnc3)c2)o1. The lowest BCUT2D eigenvalue weighted by Gasteiger charge is -2.08. The summed E-state index contributed by atoms with van der Waals surface area (Å²) in [4.78, 5) is 11.3. The number of nitrogens with zero attached hydrogens (tertiary/aromatic N) is 3. The fourth-order valence-corrected chi connectivity index (χ4v) is 2.93. The Morgan fingerprint density at radius 3 is 2.67 bits per heavy atom. The van der Waals surface area contributed by atoms with Gasteiger partial charge in [-0.05, 0) is 30.3 Å². The maximum Gasteiger partial charge on any atom is 0.374 e. The molecule has 24 heavy (non-hydrogen) atoms. The Balaban J connectivity index is 1.86. The molecule has 9 nitrogen and oxygen atoms in total. The van der Waals surface area contributed by atoms with Crippen LogP contribution in [0.4, 0.5) is 5.69 Å². The van der Waals surface area contributed by atoms with Crippen molar-refractivity contribution in [3.05, 3.63) is 54.8 Å².